The summed E-state index contributed by atoms with van der Waals surface area (Å²) in [6.45, 7) is 2.80. The van der Waals surface area contributed by atoms with E-state index in [1.54, 1.807) is 6.33 Å². The molecule has 1 aliphatic carbocycles. The predicted molar refractivity (Wildman–Crippen MR) is 96.1 cm³/mol. The summed E-state index contributed by atoms with van der Waals surface area (Å²) >= 11 is 0. The van der Waals surface area contributed by atoms with Gasteiger partial charge in [0.25, 0.3) is 0 Å². The van der Waals surface area contributed by atoms with Crippen LogP contribution in [0.2, 0.25) is 0 Å². The maximum absolute atomic E-state index is 12.4. The summed E-state index contributed by atoms with van der Waals surface area (Å²) in [5.41, 5.74) is 5.12. The van der Waals surface area contributed by atoms with Gasteiger partial charge in [-0.05, 0) is 42.4 Å². The van der Waals surface area contributed by atoms with Crippen LogP contribution < -0.4 is 5.32 Å². The Labute approximate surface area is 148 Å². The summed E-state index contributed by atoms with van der Waals surface area (Å²) in [6.07, 6.45) is 7.92. The Morgan fingerprint density at radius 1 is 1.24 bits per heavy atom. The van der Waals surface area contributed by atoms with Crippen LogP contribution in [0.4, 0.5) is 0 Å². The quantitative estimate of drug-likeness (QED) is 0.929. The lowest BCUT2D eigenvalue weighted by Crippen LogP contribution is -2.41. The molecular weight excluding hydrogens is 312 g/mol. The molecule has 1 N–H and O–H groups in total. The SMILES string of the molecule is O=C(CN1CCc2cncnc2C1)NC[C@@H]1CCCc2ccccc21. The molecule has 2 aliphatic rings. The van der Waals surface area contributed by atoms with Crippen molar-refractivity contribution in [3.63, 3.8) is 0 Å². The predicted octanol–water partition coefficient (Wildman–Crippen LogP) is 2.07. The third-order valence-electron chi connectivity index (χ3n) is 5.36. The van der Waals surface area contributed by atoms with Crippen LogP contribution in [-0.4, -0.2) is 40.4 Å². The average Bonchev–Trinajstić information content (AvgIpc) is 2.66. The van der Waals surface area contributed by atoms with Crippen molar-refractivity contribution in [2.24, 2.45) is 0 Å². The zero-order valence-electron chi connectivity index (χ0n) is 14.4. The van der Waals surface area contributed by atoms with Crippen molar-refractivity contribution in [1.82, 2.24) is 20.2 Å². The van der Waals surface area contributed by atoms with Crippen LogP contribution in [0, 0.1) is 0 Å². The van der Waals surface area contributed by atoms with Crippen molar-refractivity contribution >= 4 is 5.91 Å². The number of benzene rings is 1. The molecule has 1 amide bonds. The maximum atomic E-state index is 12.4. The van der Waals surface area contributed by atoms with Crippen LogP contribution in [0.25, 0.3) is 0 Å². The molecule has 130 valence electrons. The molecule has 1 aromatic carbocycles. The highest BCUT2D eigenvalue weighted by molar-refractivity contribution is 5.78. The smallest absolute Gasteiger partial charge is 0.234 e. The van der Waals surface area contributed by atoms with E-state index in [0.717, 1.165) is 44.6 Å². The standard InChI is InChI=1S/C20H24N4O/c25-20(13-24-9-8-17-10-21-14-23-19(17)12-24)22-11-16-6-3-5-15-4-1-2-7-18(15)16/h1-2,4,7,10,14,16H,3,5-6,8-9,11-13H2,(H,22,25)/t16-/m0/s1. The van der Waals surface area contributed by atoms with Gasteiger partial charge in [-0.25, -0.2) is 9.97 Å². The van der Waals surface area contributed by atoms with Gasteiger partial charge >= 0.3 is 0 Å². The summed E-state index contributed by atoms with van der Waals surface area (Å²) in [5.74, 6) is 0.560. The van der Waals surface area contributed by atoms with Crippen LogP contribution in [0.15, 0.2) is 36.8 Å². The molecule has 0 saturated heterocycles. The Kier molecular flexibility index (Phi) is 4.74. The first kappa shape index (κ1) is 16.2. The van der Waals surface area contributed by atoms with Crippen molar-refractivity contribution in [2.45, 2.75) is 38.1 Å². The lowest BCUT2D eigenvalue weighted by molar-refractivity contribution is -0.122. The minimum absolute atomic E-state index is 0.112. The second-order valence-electron chi connectivity index (χ2n) is 7.05. The molecule has 0 saturated carbocycles. The average molecular weight is 336 g/mol. The van der Waals surface area contributed by atoms with Gasteiger partial charge in [-0.3, -0.25) is 9.69 Å². The number of fused-ring (bicyclic) bond motifs is 2. The highest BCUT2D eigenvalue weighted by Crippen LogP contribution is 2.30. The number of aryl methyl sites for hydroxylation is 1. The van der Waals surface area contributed by atoms with Gasteiger partial charge in [0, 0.05) is 31.7 Å². The topological polar surface area (TPSA) is 58.1 Å². The first-order chi connectivity index (χ1) is 12.3. The summed E-state index contributed by atoms with van der Waals surface area (Å²) in [5, 5.41) is 3.15. The molecule has 0 bridgehead atoms. The Morgan fingerprint density at radius 3 is 3.12 bits per heavy atom. The van der Waals surface area contributed by atoms with Gasteiger partial charge < -0.3 is 5.32 Å². The van der Waals surface area contributed by atoms with Crippen molar-refractivity contribution in [3.8, 4) is 0 Å². The zero-order valence-corrected chi connectivity index (χ0v) is 14.4. The zero-order chi connectivity index (χ0) is 17.1. The van der Waals surface area contributed by atoms with E-state index < -0.39 is 0 Å². The highest BCUT2D eigenvalue weighted by atomic mass is 16.2. The molecule has 2 aromatic rings. The lowest BCUT2D eigenvalue weighted by Gasteiger charge is -2.28. The maximum Gasteiger partial charge on any atom is 0.234 e. The van der Waals surface area contributed by atoms with Crippen LogP contribution in [0.1, 0.15) is 41.1 Å². The molecule has 2 heterocycles. The second kappa shape index (κ2) is 7.31. The molecule has 0 radical (unpaired) electrons. The third-order valence-corrected chi connectivity index (χ3v) is 5.36. The molecule has 5 nitrogen and oxygen atoms in total. The van der Waals surface area contributed by atoms with Crippen LogP contribution in [-0.2, 0) is 24.2 Å². The summed E-state index contributed by atoms with van der Waals surface area (Å²) in [7, 11) is 0. The van der Waals surface area contributed by atoms with Crippen molar-refractivity contribution in [2.75, 3.05) is 19.6 Å². The minimum Gasteiger partial charge on any atom is -0.354 e. The molecule has 5 heteroatoms. The largest absolute Gasteiger partial charge is 0.354 e. The lowest BCUT2D eigenvalue weighted by atomic mass is 9.83. The van der Waals surface area contributed by atoms with Crippen LogP contribution >= 0.6 is 0 Å². The number of amides is 1. The first-order valence-electron chi connectivity index (χ1n) is 9.14. The molecule has 0 spiro atoms. The Bertz CT molecular complexity index is 761. The fraction of sp³-hybridized carbons (Fsp3) is 0.450. The van der Waals surface area contributed by atoms with E-state index in [9.17, 15) is 4.79 Å². The van der Waals surface area contributed by atoms with Gasteiger partial charge in [0.1, 0.15) is 6.33 Å². The first-order valence-corrected chi connectivity index (χ1v) is 9.14. The Morgan fingerprint density at radius 2 is 2.16 bits per heavy atom. The number of hydrogen-bond donors (Lipinski definition) is 1. The normalized spacial score (nSPS) is 19.8. The molecule has 0 unspecified atom stereocenters. The molecule has 4 rings (SSSR count). The number of carbonyl (C=O) groups is 1. The molecule has 1 aromatic heterocycles. The van der Waals surface area contributed by atoms with Crippen LogP contribution in [0.5, 0.6) is 0 Å². The van der Waals surface area contributed by atoms with E-state index >= 15 is 0 Å². The summed E-state index contributed by atoms with van der Waals surface area (Å²) in [4.78, 5) is 23.0. The van der Waals surface area contributed by atoms with E-state index in [4.69, 9.17) is 0 Å². The van der Waals surface area contributed by atoms with E-state index in [1.165, 1.54) is 23.1 Å². The number of carbonyl (C=O) groups excluding carboxylic acids is 1. The Balaban J connectivity index is 1.31. The molecule has 1 aliphatic heterocycles. The highest BCUT2D eigenvalue weighted by Gasteiger charge is 2.22. The van der Waals surface area contributed by atoms with E-state index in [0.29, 0.717) is 12.5 Å². The fourth-order valence-corrected chi connectivity index (χ4v) is 4.00. The second-order valence-corrected chi connectivity index (χ2v) is 7.05. The van der Waals surface area contributed by atoms with Crippen LogP contribution in [0.3, 0.4) is 0 Å². The van der Waals surface area contributed by atoms with E-state index in [1.807, 2.05) is 6.20 Å². The summed E-state index contributed by atoms with van der Waals surface area (Å²) < 4.78 is 0. The van der Waals surface area contributed by atoms with Crippen molar-refractivity contribution < 1.29 is 4.79 Å². The molecule has 0 fully saturated rings. The number of nitrogens with zero attached hydrogens (tertiary/aromatic N) is 3. The molecule has 25 heavy (non-hydrogen) atoms. The molecule has 1 atom stereocenters. The minimum atomic E-state index is 0.112. The van der Waals surface area contributed by atoms with Gasteiger partial charge in [-0.1, -0.05) is 24.3 Å². The van der Waals surface area contributed by atoms with Gasteiger partial charge in [0.05, 0.1) is 12.2 Å². The number of nitrogens with one attached hydrogen (secondary N) is 1. The van der Waals surface area contributed by atoms with Gasteiger partial charge in [0.2, 0.25) is 5.91 Å². The summed E-state index contributed by atoms with van der Waals surface area (Å²) in [6, 6.07) is 8.65. The number of rotatable bonds is 4. The monoisotopic (exact) mass is 336 g/mol. The number of aromatic nitrogens is 2. The number of hydrogen-bond acceptors (Lipinski definition) is 4. The van der Waals surface area contributed by atoms with Crippen molar-refractivity contribution in [1.29, 1.82) is 0 Å². The van der Waals surface area contributed by atoms with Gasteiger partial charge in [0.15, 0.2) is 0 Å². The van der Waals surface area contributed by atoms with E-state index in [2.05, 4.69) is 44.5 Å². The van der Waals surface area contributed by atoms with Crippen molar-refractivity contribution in [3.05, 3.63) is 59.2 Å². The van der Waals surface area contributed by atoms with E-state index in [-0.39, 0.29) is 5.91 Å². The Hall–Kier alpha value is -2.27. The van der Waals surface area contributed by atoms with Gasteiger partial charge in [-0.15, -0.1) is 0 Å². The third kappa shape index (κ3) is 3.71. The molecular formula is C20H24N4O. The fourth-order valence-electron chi connectivity index (χ4n) is 4.00. The van der Waals surface area contributed by atoms with Gasteiger partial charge in [-0.2, -0.15) is 0 Å².